The van der Waals surface area contributed by atoms with Gasteiger partial charge >= 0.3 is 7.82 Å². The Kier molecular flexibility index (Phi) is 5.74. The largest absolute Gasteiger partial charge is 0.493 e. The minimum atomic E-state index is -4.44. The Bertz CT molecular complexity index is 819. The van der Waals surface area contributed by atoms with Gasteiger partial charge in [0.1, 0.15) is 13.1 Å². The summed E-state index contributed by atoms with van der Waals surface area (Å²) in [5, 5.41) is 0.926. The fourth-order valence-corrected chi connectivity index (χ4v) is 3.53. The van der Waals surface area contributed by atoms with E-state index in [0.717, 1.165) is 29.4 Å². The van der Waals surface area contributed by atoms with E-state index < -0.39 is 7.82 Å². The van der Waals surface area contributed by atoms with Crippen LogP contribution < -0.4 is 9.47 Å². The van der Waals surface area contributed by atoms with Crippen molar-refractivity contribution >= 4 is 18.7 Å². The van der Waals surface area contributed by atoms with Crippen LogP contribution >= 0.6 is 7.82 Å². The highest BCUT2D eigenvalue weighted by molar-refractivity contribution is 7.46. The lowest BCUT2D eigenvalue weighted by Gasteiger charge is -2.31. The molecule has 0 saturated carbocycles. The first-order chi connectivity index (χ1) is 12.4. The third-order valence-electron chi connectivity index (χ3n) is 4.55. The van der Waals surface area contributed by atoms with E-state index in [4.69, 9.17) is 19.3 Å². The van der Waals surface area contributed by atoms with Crippen LogP contribution in [-0.2, 0) is 9.09 Å². The van der Waals surface area contributed by atoms with Crippen LogP contribution in [0.2, 0.25) is 0 Å². The second-order valence-electron chi connectivity index (χ2n) is 6.12. The number of piperidine rings is 1. The van der Waals surface area contributed by atoms with Crippen molar-refractivity contribution in [3.63, 3.8) is 0 Å². The smallest absolute Gasteiger partial charge is 0.470 e. The highest BCUT2D eigenvalue weighted by Crippen LogP contribution is 2.38. The molecule has 0 spiro atoms. The number of ether oxygens (including phenoxy) is 2. The number of likely N-dealkylation sites (tertiary alicyclic amines) is 1. The van der Waals surface area contributed by atoms with Crippen LogP contribution in [0.3, 0.4) is 0 Å². The molecule has 0 aliphatic carbocycles. The summed E-state index contributed by atoms with van der Waals surface area (Å²) < 4.78 is 26.1. The number of hydrogen-bond donors (Lipinski definition) is 2. The summed E-state index contributed by atoms with van der Waals surface area (Å²) in [4.78, 5) is 28.3. The third-order valence-corrected chi connectivity index (χ3v) is 5.01. The average Bonchev–Trinajstić information content (AvgIpc) is 2.64. The molecule has 0 amide bonds. The van der Waals surface area contributed by atoms with Crippen molar-refractivity contribution in [2.24, 2.45) is 0 Å². The standard InChI is InChI=1S/C16H22N3O6P/c1-23-14-7-12-13(8-15(14)24-2)17-9-18-16(12)11-3-5-19(6-4-11)10-25-26(20,21)22/h7-9,11H,3-6,10H2,1-2H3,(H2,20,21,22). The number of rotatable bonds is 6. The number of hydrogen-bond acceptors (Lipinski definition) is 7. The molecule has 0 unspecified atom stereocenters. The van der Waals surface area contributed by atoms with Crippen LogP contribution in [0.25, 0.3) is 10.9 Å². The molecule has 1 aromatic heterocycles. The number of methoxy groups -OCH3 is 2. The van der Waals surface area contributed by atoms with Gasteiger partial charge in [-0.2, -0.15) is 0 Å². The molecule has 3 rings (SSSR count). The van der Waals surface area contributed by atoms with Gasteiger partial charge in [0.25, 0.3) is 0 Å². The molecule has 2 N–H and O–H groups in total. The van der Waals surface area contributed by atoms with Crippen LogP contribution in [0, 0.1) is 0 Å². The van der Waals surface area contributed by atoms with Gasteiger partial charge in [-0.15, -0.1) is 0 Å². The molecule has 2 heterocycles. The molecule has 1 saturated heterocycles. The topological polar surface area (TPSA) is 114 Å². The van der Waals surface area contributed by atoms with E-state index in [0.29, 0.717) is 24.6 Å². The normalized spacial score (nSPS) is 16.8. The maximum Gasteiger partial charge on any atom is 0.470 e. The van der Waals surface area contributed by atoms with E-state index in [1.165, 1.54) is 0 Å². The summed E-state index contributed by atoms with van der Waals surface area (Å²) in [6.45, 7) is 1.26. The molecule has 0 bridgehead atoms. The monoisotopic (exact) mass is 383 g/mol. The molecular formula is C16H22N3O6P. The fourth-order valence-electron chi connectivity index (χ4n) is 3.22. The van der Waals surface area contributed by atoms with Crippen molar-refractivity contribution in [2.45, 2.75) is 18.8 Å². The summed E-state index contributed by atoms with van der Waals surface area (Å²) in [5.74, 6) is 1.47. The molecule has 1 aliphatic heterocycles. The van der Waals surface area contributed by atoms with Gasteiger partial charge in [0.15, 0.2) is 11.5 Å². The van der Waals surface area contributed by atoms with Gasteiger partial charge in [-0.25, -0.2) is 14.5 Å². The van der Waals surface area contributed by atoms with E-state index in [1.807, 2.05) is 17.0 Å². The molecule has 26 heavy (non-hydrogen) atoms. The molecule has 1 fully saturated rings. The first-order valence-corrected chi connectivity index (χ1v) is 9.73. The summed E-state index contributed by atoms with van der Waals surface area (Å²) in [5.41, 5.74) is 1.74. The lowest BCUT2D eigenvalue weighted by Crippen LogP contribution is -2.34. The Morgan fingerprint density at radius 1 is 1.15 bits per heavy atom. The van der Waals surface area contributed by atoms with Gasteiger partial charge in [0.2, 0.25) is 0 Å². The van der Waals surface area contributed by atoms with Crippen LogP contribution in [-0.4, -0.2) is 58.7 Å². The molecule has 9 nitrogen and oxygen atoms in total. The maximum atomic E-state index is 10.8. The lowest BCUT2D eigenvalue weighted by atomic mass is 9.91. The highest BCUT2D eigenvalue weighted by atomic mass is 31.2. The predicted octanol–water partition coefficient (Wildman–Crippen LogP) is 1.89. The van der Waals surface area contributed by atoms with E-state index in [-0.39, 0.29) is 12.6 Å². The third kappa shape index (κ3) is 4.31. The Hall–Kier alpha value is -1.77. The van der Waals surface area contributed by atoms with Gasteiger partial charge in [0.05, 0.1) is 25.4 Å². The zero-order valence-corrected chi connectivity index (χ0v) is 15.6. The lowest BCUT2D eigenvalue weighted by molar-refractivity contribution is 0.0730. The van der Waals surface area contributed by atoms with Crippen molar-refractivity contribution in [1.82, 2.24) is 14.9 Å². The minimum absolute atomic E-state index is 0.0768. The average molecular weight is 383 g/mol. The van der Waals surface area contributed by atoms with Crippen LogP contribution in [0.4, 0.5) is 0 Å². The minimum Gasteiger partial charge on any atom is -0.493 e. The number of phosphoric ester groups is 1. The first kappa shape index (κ1) is 19.0. The predicted molar refractivity (Wildman–Crippen MR) is 94.2 cm³/mol. The molecule has 142 valence electrons. The van der Waals surface area contributed by atoms with Crippen molar-refractivity contribution in [3.05, 3.63) is 24.2 Å². The quantitative estimate of drug-likeness (QED) is 0.722. The van der Waals surface area contributed by atoms with Gasteiger partial charge in [0, 0.05) is 30.5 Å². The number of nitrogens with zero attached hydrogens (tertiary/aromatic N) is 3. The van der Waals surface area contributed by atoms with Crippen molar-refractivity contribution in [2.75, 3.05) is 34.0 Å². The Morgan fingerprint density at radius 2 is 1.81 bits per heavy atom. The fraction of sp³-hybridized carbons (Fsp3) is 0.500. The van der Waals surface area contributed by atoms with Gasteiger partial charge in [-0.1, -0.05) is 0 Å². The van der Waals surface area contributed by atoms with E-state index in [9.17, 15) is 4.57 Å². The first-order valence-electron chi connectivity index (χ1n) is 8.20. The van der Waals surface area contributed by atoms with Crippen LogP contribution in [0.1, 0.15) is 24.5 Å². The van der Waals surface area contributed by atoms with Gasteiger partial charge in [-0.05, 0) is 18.9 Å². The number of fused-ring (bicyclic) bond motifs is 1. The highest BCUT2D eigenvalue weighted by Gasteiger charge is 2.25. The van der Waals surface area contributed by atoms with Crippen molar-refractivity contribution < 1.29 is 28.3 Å². The Balaban J connectivity index is 1.78. The summed E-state index contributed by atoms with van der Waals surface area (Å²) >= 11 is 0. The number of benzene rings is 1. The van der Waals surface area contributed by atoms with Crippen molar-refractivity contribution in [1.29, 1.82) is 0 Å². The van der Waals surface area contributed by atoms with Crippen molar-refractivity contribution in [3.8, 4) is 11.5 Å². The van der Waals surface area contributed by atoms with Gasteiger partial charge in [-0.3, -0.25) is 9.42 Å². The summed E-state index contributed by atoms with van der Waals surface area (Å²) in [6.07, 6.45) is 3.17. The molecule has 2 aromatic rings. The zero-order chi connectivity index (χ0) is 18.7. The second kappa shape index (κ2) is 7.85. The van der Waals surface area contributed by atoms with Crippen LogP contribution in [0.15, 0.2) is 18.5 Å². The summed E-state index contributed by atoms with van der Waals surface area (Å²) in [6, 6.07) is 3.73. The molecule has 0 radical (unpaired) electrons. The Labute approximate surface area is 151 Å². The maximum absolute atomic E-state index is 10.8. The molecule has 10 heteroatoms. The molecular weight excluding hydrogens is 361 g/mol. The molecule has 1 aromatic carbocycles. The van der Waals surface area contributed by atoms with Crippen LogP contribution in [0.5, 0.6) is 11.5 Å². The Morgan fingerprint density at radius 3 is 2.42 bits per heavy atom. The van der Waals surface area contributed by atoms with E-state index in [1.54, 1.807) is 20.5 Å². The zero-order valence-electron chi connectivity index (χ0n) is 14.7. The number of phosphoric acid groups is 1. The molecule has 1 aliphatic rings. The SMILES string of the molecule is COc1cc2ncnc(C3CCN(COP(=O)(O)O)CC3)c2cc1OC. The summed E-state index contributed by atoms with van der Waals surface area (Å²) in [7, 11) is -1.27. The second-order valence-corrected chi connectivity index (χ2v) is 7.36. The number of aromatic nitrogens is 2. The van der Waals surface area contributed by atoms with Gasteiger partial charge < -0.3 is 19.3 Å². The van der Waals surface area contributed by atoms with E-state index in [2.05, 4.69) is 14.5 Å². The van der Waals surface area contributed by atoms with E-state index >= 15 is 0 Å². The molecule has 0 atom stereocenters.